The Kier molecular flexibility index (Phi) is 6.96. The van der Waals surface area contributed by atoms with Gasteiger partial charge in [0.1, 0.15) is 6.10 Å². The van der Waals surface area contributed by atoms with Crippen LogP contribution in [-0.2, 0) is 14.2 Å². The van der Waals surface area contributed by atoms with Crippen LogP contribution in [0.1, 0.15) is 26.7 Å². The average Bonchev–Trinajstić information content (AvgIpc) is 2.37. The maximum Gasteiger partial charge on any atom is 0.104 e. The molecule has 0 spiro atoms. The van der Waals surface area contributed by atoms with E-state index in [0.29, 0.717) is 39.0 Å². The van der Waals surface area contributed by atoms with E-state index in [4.69, 9.17) is 14.2 Å². The lowest BCUT2D eigenvalue weighted by Crippen LogP contribution is -2.28. The lowest BCUT2D eigenvalue weighted by atomic mass is 10.0. The molecule has 0 aromatic heterocycles. The fourth-order valence-corrected chi connectivity index (χ4v) is 1.81. The first-order valence-corrected chi connectivity index (χ1v) is 6.21. The second-order valence-electron chi connectivity index (χ2n) is 4.32. The van der Waals surface area contributed by atoms with E-state index in [0.717, 1.165) is 12.8 Å². The van der Waals surface area contributed by atoms with Crippen LogP contribution in [0.25, 0.3) is 0 Å². The highest BCUT2D eigenvalue weighted by molar-refractivity contribution is 4.68. The smallest absolute Gasteiger partial charge is 0.104 e. The summed E-state index contributed by atoms with van der Waals surface area (Å²) >= 11 is 0. The summed E-state index contributed by atoms with van der Waals surface area (Å²) in [5.74, 6) is 0.435. The van der Waals surface area contributed by atoms with Crippen molar-refractivity contribution in [1.82, 2.24) is 0 Å². The van der Waals surface area contributed by atoms with Crippen molar-refractivity contribution in [3.63, 3.8) is 0 Å². The number of aliphatic hydroxyl groups excluding tert-OH is 1. The normalized spacial score (nSPS) is 32.8. The molecule has 3 unspecified atom stereocenters. The van der Waals surface area contributed by atoms with E-state index in [2.05, 4.69) is 6.92 Å². The van der Waals surface area contributed by atoms with E-state index in [1.54, 1.807) is 0 Å². The number of hydrogen-bond acceptors (Lipinski definition) is 4. The maximum absolute atomic E-state index is 9.76. The van der Waals surface area contributed by atoms with Crippen molar-refractivity contribution in [2.45, 2.75) is 38.9 Å². The molecular weight excluding hydrogens is 208 g/mol. The molecular formula is C12H24O4. The molecule has 16 heavy (non-hydrogen) atoms. The summed E-state index contributed by atoms with van der Waals surface area (Å²) in [5.41, 5.74) is 0. The van der Waals surface area contributed by atoms with Gasteiger partial charge in [0, 0.05) is 13.2 Å². The van der Waals surface area contributed by atoms with Crippen molar-refractivity contribution in [1.29, 1.82) is 0 Å². The van der Waals surface area contributed by atoms with Crippen LogP contribution in [0.2, 0.25) is 0 Å². The van der Waals surface area contributed by atoms with Crippen LogP contribution in [0.3, 0.4) is 0 Å². The Morgan fingerprint density at radius 1 is 1.25 bits per heavy atom. The van der Waals surface area contributed by atoms with E-state index >= 15 is 0 Å². The monoisotopic (exact) mass is 232 g/mol. The Balaban J connectivity index is 2.37. The highest BCUT2D eigenvalue weighted by Crippen LogP contribution is 2.15. The van der Waals surface area contributed by atoms with Gasteiger partial charge in [-0.15, -0.1) is 0 Å². The quantitative estimate of drug-likeness (QED) is 0.791. The molecule has 1 saturated heterocycles. The molecule has 0 bridgehead atoms. The second kappa shape index (κ2) is 8.01. The van der Waals surface area contributed by atoms with Crippen LogP contribution >= 0.6 is 0 Å². The number of hydrogen-bond donors (Lipinski definition) is 1. The summed E-state index contributed by atoms with van der Waals surface area (Å²) in [6.45, 7) is 6.95. The third-order valence-corrected chi connectivity index (χ3v) is 2.87. The predicted octanol–water partition coefficient (Wildman–Crippen LogP) is 1.22. The van der Waals surface area contributed by atoms with Gasteiger partial charge in [0.2, 0.25) is 0 Å². The number of aliphatic hydroxyl groups is 1. The van der Waals surface area contributed by atoms with Gasteiger partial charge in [-0.1, -0.05) is 13.3 Å². The first kappa shape index (κ1) is 13.9. The molecule has 0 aromatic rings. The van der Waals surface area contributed by atoms with Gasteiger partial charge >= 0.3 is 0 Å². The van der Waals surface area contributed by atoms with Crippen molar-refractivity contribution in [3.8, 4) is 0 Å². The molecule has 1 aliphatic rings. The summed E-state index contributed by atoms with van der Waals surface area (Å²) in [6, 6.07) is 0. The molecule has 1 aliphatic heterocycles. The van der Waals surface area contributed by atoms with Gasteiger partial charge in [-0.05, 0) is 19.3 Å². The number of rotatable bonds is 4. The van der Waals surface area contributed by atoms with Gasteiger partial charge in [0.25, 0.3) is 0 Å². The third-order valence-electron chi connectivity index (χ3n) is 2.87. The van der Waals surface area contributed by atoms with Gasteiger partial charge < -0.3 is 19.3 Å². The molecule has 1 N–H and O–H groups in total. The van der Waals surface area contributed by atoms with Crippen LogP contribution < -0.4 is 0 Å². The zero-order chi connectivity index (χ0) is 11.8. The summed E-state index contributed by atoms with van der Waals surface area (Å²) < 4.78 is 16.5. The van der Waals surface area contributed by atoms with Crippen LogP contribution in [0.5, 0.6) is 0 Å². The van der Waals surface area contributed by atoms with Crippen LogP contribution in [0, 0.1) is 5.92 Å². The molecule has 96 valence electrons. The lowest BCUT2D eigenvalue weighted by molar-refractivity contribution is -0.0711. The number of ether oxygens (including phenoxy) is 3. The van der Waals surface area contributed by atoms with E-state index in [-0.39, 0.29) is 12.2 Å². The molecule has 0 radical (unpaired) electrons. The predicted molar refractivity (Wildman–Crippen MR) is 61.5 cm³/mol. The van der Waals surface area contributed by atoms with Gasteiger partial charge in [-0.25, -0.2) is 0 Å². The first-order chi connectivity index (χ1) is 7.76. The summed E-state index contributed by atoms with van der Waals surface area (Å²) in [6.07, 6.45) is 1.37. The largest absolute Gasteiger partial charge is 0.391 e. The minimum atomic E-state index is -0.379. The molecule has 0 saturated carbocycles. The highest BCUT2D eigenvalue weighted by atomic mass is 16.6. The molecule has 0 aliphatic carbocycles. The van der Waals surface area contributed by atoms with Crippen molar-refractivity contribution in [3.05, 3.63) is 0 Å². The van der Waals surface area contributed by atoms with E-state index in [1.165, 1.54) is 0 Å². The average molecular weight is 232 g/mol. The molecule has 1 heterocycles. The Morgan fingerprint density at radius 2 is 2.06 bits per heavy atom. The van der Waals surface area contributed by atoms with E-state index < -0.39 is 0 Å². The van der Waals surface area contributed by atoms with E-state index in [1.807, 2.05) is 6.92 Å². The van der Waals surface area contributed by atoms with Crippen LogP contribution in [0.4, 0.5) is 0 Å². The minimum Gasteiger partial charge on any atom is -0.391 e. The van der Waals surface area contributed by atoms with Crippen molar-refractivity contribution < 1.29 is 19.3 Å². The van der Waals surface area contributed by atoms with E-state index in [9.17, 15) is 5.11 Å². The topological polar surface area (TPSA) is 47.9 Å². The fraction of sp³-hybridized carbons (Fsp3) is 1.00. The van der Waals surface area contributed by atoms with Crippen molar-refractivity contribution in [2.24, 2.45) is 5.92 Å². The Labute approximate surface area is 97.9 Å². The highest BCUT2D eigenvalue weighted by Gasteiger charge is 2.20. The maximum atomic E-state index is 9.76. The fourth-order valence-electron chi connectivity index (χ4n) is 1.81. The van der Waals surface area contributed by atoms with Gasteiger partial charge in [-0.2, -0.15) is 0 Å². The first-order valence-electron chi connectivity index (χ1n) is 6.21. The SMILES string of the molecule is CCOCC1COCC(CC)CC(O)CO1. The molecule has 4 heteroatoms. The molecule has 1 rings (SSSR count). The van der Waals surface area contributed by atoms with Crippen molar-refractivity contribution in [2.75, 3.05) is 33.0 Å². The summed E-state index contributed by atoms with van der Waals surface area (Å²) in [4.78, 5) is 0. The molecule has 3 atom stereocenters. The van der Waals surface area contributed by atoms with Crippen LogP contribution in [-0.4, -0.2) is 50.3 Å². The van der Waals surface area contributed by atoms with Crippen molar-refractivity contribution >= 4 is 0 Å². The Bertz CT molecular complexity index is 174. The molecule has 1 fully saturated rings. The van der Waals surface area contributed by atoms with Gasteiger partial charge in [-0.3, -0.25) is 0 Å². The van der Waals surface area contributed by atoms with Gasteiger partial charge in [0.05, 0.1) is 25.9 Å². The Morgan fingerprint density at radius 3 is 2.75 bits per heavy atom. The minimum absolute atomic E-state index is 0.0507. The lowest BCUT2D eigenvalue weighted by Gasteiger charge is -2.17. The molecule has 0 aromatic carbocycles. The standard InChI is InChI=1S/C12H24O4/c1-3-10-5-11(13)7-16-12(8-14-4-2)9-15-6-10/h10-13H,3-9H2,1-2H3. The Hall–Kier alpha value is -0.160. The zero-order valence-corrected chi connectivity index (χ0v) is 10.4. The summed E-state index contributed by atoms with van der Waals surface area (Å²) in [5, 5.41) is 9.76. The third kappa shape index (κ3) is 5.25. The van der Waals surface area contributed by atoms with Crippen LogP contribution in [0.15, 0.2) is 0 Å². The zero-order valence-electron chi connectivity index (χ0n) is 10.4. The second-order valence-corrected chi connectivity index (χ2v) is 4.32. The molecule has 4 nitrogen and oxygen atoms in total. The summed E-state index contributed by atoms with van der Waals surface area (Å²) in [7, 11) is 0. The van der Waals surface area contributed by atoms with Gasteiger partial charge in [0.15, 0.2) is 0 Å². The molecule has 0 amide bonds.